The van der Waals surface area contributed by atoms with Gasteiger partial charge in [-0.3, -0.25) is 4.79 Å². The molecule has 1 aliphatic rings. The third kappa shape index (κ3) is 16.2. The Morgan fingerprint density at radius 2 is 1.92 bits per heavy atom. The van der Waals surface area contributed by atoms with Crippen LogP contribution in [0.15, 0.2) is 0 Å². The highest BCUT2D eigenvalue weighted by atomic mass is 16.4. The molecule has 1 rings (SSSR count). The number of nitrogens with one attached hydrogen (secondary N) is 1. The molecule has 1 unspecified atom stereocenters. The molecule has 0 saturated carbocycles. The van der Waals surface area contributed by atoms with Gasteiger partial charge in [-0.2, -0.15) is 0 Å². The van der Waals surface area contributed by atoms with Crippen LogP contribution in [0.4, 0.5) is 0 Å². The molecular weight excluding hydrogens is 158 g/mol. The van der Waals surface area contributed by atoms with Crippen molar-refractivity contribution in [2.45, 2.75) is 33.3 Å². The van der Waals surface area contributed by atoms with Crippen molar-refractivity contribution in [1.29, 1.82) is 0 Å². The molecule has 1 aliphatic heterocycles. The molecule has 3 N–H and O–H groups in total. The van der Waals surface area contributed by atoms with Crippen LogP contribution in [-0.2, 0) is 4.79 Å². The topological polar surface area (TPSA) is 69.6 Å². The molecule has 1 fully saturated rings. The lowest BCUT2D eigenvalue weighted by Crippen LogP contribution is -2.11. The molecule has 12 heavy (non-hydrogen) atoms. The third-order valence-corrected chi connectivity index (χ3v) is 1.03. The van der Waals surface area contributed by atoms with Gasteiger partial charge in [0.2, 0.25) is 0 Å². The van der Waals surface area contributed by atoms with E-state index in [0.717, 1.165) is 26.4 Å². The number of β-amino-alcohol motifs (C(OH)–C–C–N with tert-alkyl or cyclic N) is 1. The molecule has 1 atom stereocenters. The second-order valence-electron chi connectivity index (χ2n) is 2.17. The fourth-order valence-electron chi connectivity index (χ4n) is 0.639. The number of rotatable bonds is 0. The van der Waals surface area contributed by atoms with Crippen LogP contribution in [-0.4, -0.2) is 35.4 Å². The minimum Gasteiger partial charge on any atom is -0.481 e. The highest BCUT2D eigenvalue weighted by molar-refractivity contribution is 5.62. The monoisotopic (exact) mass is 177 g/mol. The summed E-state index contributed by atoms with van der Waals surface area (Å²) in [5.74, 6) is -0.833. The van der Waals surface area contributed by atoms with Crippen molar-refractivity contribution in [3.8, 4) is 0 Å². The summed E-state index contributed by atoms with van der Waals surface area (Å²) in [4.78, 5) is 9.00. The molecule has 1 saturated heterocycles. The van der Waals surface area contributed by atoms with E-state index in [0.29, 0.717) is 0 Å². The summed E-state index contributed by atoms with van der Waals surface area (Å²) in [5, 5.41) is 19.1. The SMILES string of the molecule is CC.CC(=O)O.OC1CCNC1. The lowest BCUT2D eigenvalue weighted by atomic mass is 10.3. The molecule has 0 amide bonds. The number of aliphatic carboxylic acids is 1. The second-order valence-corrected chi connectivity index (χ2v) is 2.17. The molecule has 74 valence electrons. The maximum Gasteiger partial charge on any atom is 0.300 e. The zero-order valence-corrected chi connectivity index (χ0v) is 8.00. The highest BCUT2D eigenvalue weighted by Gasteiger charge is 2.08. The number of carbonyl (C=O) groups is 1. The van der Waals surface area contributed by atoms with Crippen LogP contribution in [0.2, 0.25) is 0 Å². The molecule has 0 aromatic carbocycles. The van der Waals surface area contributed by atoms with Crippen LogP contribution in [0.3, 0.4) is 0 Å². The van der Waals surface area contributed by atoms with Crippen LogP contribution in [0, 0.1) is 0 Å². The van der Waals surface area contributed by atoms with Crippen molar-refractivity contribution >= 4 is 5.97 Å². The zero-order chi connectivity index (χ0) is 9.98. The van der Waals surface area contributed by atoms with Gasteiger partial charge in [0.25, 0.3) is 5.97 Å². The number of aliphatic hydroxyl groups is 1. The second kappa shape index (κ2) is 10.4. The van der Waals surface area contributed by atoms with Crippen molar-refractivity contribution in [2.75, 3.05) is 13.1 Å². The van der Waals surface area contributed by atoms with E-state index in [2.05, 4.69) is 5.32 Å². The Labute approximate surface area is 73.6 Å². The van der Waals surface area contributed by atoms with Crippen LogP contribution in [0.1, 0.15) is 27.2 Å². The van der Waals surface area contributed by atoms with Crippen molar-refractivity contribution in [3.05, 3.63) is 0 Å². The predicted octanol–water partition coefficient (Wildman–Crippen LogP) is 0.458. The molecule has 4 heteroatoms. The van der Waals surface area contributed by atoms with Gasteiger partial charge in [-0.25, -0.2) is 0 Å². The van der Waals surface area contributed by atoms with Gasteiger partial charge in [-0.15, -0.1) is 0 Å². The molecule has 4 nitrogen and oxygen atoms in total. The summed E-state index contributed by atoms with van der Waals surface area (Å²) in [7, 11) is 0. The molecular formula is C8H19NO3. The van der Waals surface area contributed by atoms with Crippen LogP contribution in [0.25, 0.3) is 0 Å². The van der Waals surface area contributed by atoms with Gasteiger partial charge in [0.05, 0.1) is 6.10 Å². The predicted molar refractivity (Wildman–Crippen MR) is 48.2 cm³/mol. The molecule has 0 radical (unpaired) electrons. The first kappa shape index (κ1) is 13.9. The van der Waals surface area contributed by atoms with Crippen molar-refractivity contribution < 1.29 is 15.0 Å². The summed E-state index contributed by atoms with van der Waals surface area (Å²) >= 11 is 0. The van der Waals surface area contributed by atoms with E-state index in [1.54, 1.807) is 0 Å². The Morgan fingerprint density at radius 3 is 2.00 bits per heavy atom. The van der Waals surface area contributed by atoms with Gasteiger partial charge >= 0.3 is 0 Å². The number of carboxylic acid groups (broad SMARTS) is 1. The lowest BCUT2D eigenvalue weighted by Gasteiger charge is -1.90. The number of hydrogen-bond acceptors (Lipinski definition) is 3. The van der Waals surface area contributed by atoms with E-state index in [1.165, 1.54) is 0 Å². The molecule has 0 aromatic heterocycles. The normalized spacial score (nSPS) is 19.8. The Bertz CT molecular complexity index is 96.5. The summed E-state index contributed by atoms with van der Waals surface area (Å²) in [6, 6.07) is 0. The fraction of sp³-hybridized carbons (Fsp3) is 0.875. The summed E-state index contributed by atoms with van der Waals surface area (Å²) in [6.45, 7) is 6.86. The minimum atomic E-state index is -0.833. The first-order valence-electron chi connectivity index (χ1n) is 4.21. The number of hydrogen-bond donors (Lipinski definition) is 3. The van der Waals surface area contributed by atoms with E-state index in [1.807, 2.05) is 13.8 Å². The average molecular weight is 177 g/mol. The van der Waals surface area contributed by atoms with Gasteiger partial charge in [-0.1, -0.05) is 13.8 Å². The van der Waals surface area contributed by atoms with E-state index in [9.17, 15) is 0 Å². The van der Waals surface area contributed by atoms with Gasteiger partial charge in [0.1, 0.15) is 0 Å². The Hall–Kier alpha value is -0.610. The van der Waals surface area contributed by atoms with E-state index in [-0.39, 0.29) is 6.10 Å². The summed E-state index contributed by atoms with van der Waals surface area (Å²) in [6.07, 6.45) is 0.866. The molecule has 0 spiro atoms. The minimum absolute atomic E-state index is 0.0648. The quantitative estimate of drug-likeness (QED) is 0.502. The maximum atomic E-state index is 9.00. The summed E-state index contributed by atoms with van der Waals surface area (Å²) < 4.78 is 0. The van der Waals surface area contributed by atoms with E-state index < -0.39 is 5.97 Å². The highest BCUT2D eigenvalue weighted by Crippen LogP contribution is 1.93. The largest absolute Gasteiger partial charge is 0.481 e. The van der Waals surface area contributed by atoms with Crippen molar-refractivity contribution in [1.82, 2.24) is 5.32 Å². The third-order valence-electron chi connectivity index (χ3n) is 1.03. The zero-order valence-electron chi connectivity index (χ0n) is 8.00. The van der Waals surface area contributed by atoms with E-state index in [4.69, 9.17) is 15.0 Å². The van der Waals surface area contributed by atoms with Crippen molar-refractivity contribution in [2.24, 2.45) is 0 Å². The Morgan fingerprint density at radius 1 is 1.50 bits per heavy atom. The van der Waals surface area contributed by atoms with Crippen LogP contribution in [0.5, 0.6) is 0 Å². The standard InChI is InChI=1S/C4H9NO.C2H4O2.C2H6/c6-4-1-2-5-3-4;1-2(3)4;1-2/h4-6H,1-3H2;1H3,(H,3,4);1-2H3. The maximum absolute atomic E-state index is 9.00. The molecule has 1 heterocycles. The first-order valence-corrected chi connectivity index (χ1v) is 4.21. The molecule has 0 bridgehead atoms. The lowest BCUT2D eigenvalue weighted by molar-refractivity contribution is -0.134. The number of carboxylic acids is 1. The van der Waals surface area contributed by atoms with Gasteiger partial charge < -0.3 is 15.5 Å². The van der Waals surface area contributed by atoms with Gasteiger partial charge in [0.15, 0.2) is 0 Å². The smallest absolute Gasteiger partial charge is 0.300 e. The average Bonchev–Trinajstić information content (AvgIpc) is 2.43. The first-order chi connectivity index (χ1) is 5.63. The van der Waals surface area contributed by atoms with Crippen LogP contribution >= 0.6 is 0 Å². The van der Waals surface area contributed by atoms with Crippen LogP contribution < -0.4 is 5.32 Å². The van der Waals surface area contributed by atoms with Gasteiger partial charge in [-0.05, 0) is 13.0 Å². The Kier molecular flexibility index (Phi) is 12.1. The van der Waals surface area contributed by atoms with Gasteiger partial charge in [0, 0.05) is 13.5 Å². The van der Waals surface area contributed by atoms with E-state index >= 15 is 0 Å². The fourth-order valence-corrected chi connectivity index (χ4v) is 0.639. The summed E-state index contributed by atoms with van der Waals surface area (Å²) in [5.41, 5.74) is 0. The Balaban J connectivity index is 0. The molecule has 0 aliphatic carbocycles. The number of aliphatic hydroxyl groups excluding tert-OH is 1. The van der Waals surface area contributed by atoms with Crippen molar-refractivity contribution in [3.63, 3.8) is 0 Å². The molecule has 0 aromatic rings.